The molecule has 8 heteroatoms. The predicted octanol–water partition coefficient (Wildman–Crippen LogP) is 2.43. The zero-order valence-electron chi connectivity index (χ0n) is 15.7. The molecule has 28 heavy (non-hydrogen) atoms. The van der Waals surface area contributed by atoms with Crippen molar-refractivity contribution in [3.8, 4) is 10.7 Å². The number of aryl methyl sites for hydroxylation is 1. The van der Waals surface area contributed by atoms with Crippen molar-refractivity contribution in [3.05, 3.63) is 35.1 Å². The van der Waals surface area contributed by atoms with Crippen molar-refractivity contribution in [2.45, 2.75) is 38.4 Å². The Balaban J connectivity index is 1.30. The van der Waals surface area contributed by atoms with Gasteiger partial charge in [-0.05, 0) is 38.0 Å². The maximum Gasteiger partial charge on any atom is 0.166 e. The van der Waals surface area contributed by atoms with Crippen molar-refractivity contribution >= 4 is 28.0 Å². The highest BCUT2D eigenvalue weighted by molar-refractivity contribution is 7.14. The van der Waals surface area contributed by atoms with Crippen molar-refractivity contribution < 1.29 is 9.53 Å². The molecule has 7 nitrogen and oxygen atoms in total. The number of hydrogen-bond acceptors (Lipinski definition) is 8. The number of carbonyl (C=O) groups is 1. The summed E-state index contributed by atoms with van der Waals surface area (Å²) >= 11 is 1.52. The van der Waals surface area contributed by atoms with Gasteiger partial charge in [0.1, 0.15) is 10.7 Å². The van der Waals surface area contributed by atoms with Crippen LogP contribution in [0.3, 0.4) is 0 Å². The minimum atomic E-state index is 0.184. The summed E-state index contributed by atoms with van der Waals surface area (Å²) in [7, 11) is 0. The van der Waals surface area contributed by atoms with E-state index in [1.165, 1.54) is 11.3 Å². The van der Waals surface area contributed by atoms with Crippen molar-refractivity contribution in [1.29, 1.82) is 0 Å². The molecular formula is C20H21N5O2S. The molecule has 2 bridgehead atoms. The molecule has 2 saturated heterocycles. The van der Waals surface area contributed by atoms with Crippen molar-refractivity contribution in [1.82, 2.24) is 25.1 Å². The molecule has 3 aromatic heterocycles. The monoisotopic (exact) mass is 395 g/mol. The Morgan fingerprint density at radius 3 is 2.82 bits per heavy atom. The van der Waals surface area contributed by atoms with Crippen LogP contribution >= 0.6 is 11.3 Å². The Labute approximate surface area is 166 Å². The molecule has 0 radical (unpaired) electrons. The number of hydrogen-bond donors (Lipinski definition) is 0. The zero-order chi connectivity index (χ0) is 19.1. The smallest absolute Gasteiger partial charge is 0.166 e. The van der Waals surface area contributed by atoms with E-state index < -0.39 is 0 Å². The number of morpholine rings is 1. The second-order valence-corrected chi connectivity index (χ2v) is 8.74. The fourth-order valence-corrected chi connectivity index (χ4v) is 4.67. The van der Waals surface area contributed by atoms with E-state index in [4.69, 9.17) is 9.72 Å². The summed E-state index contributed by atoms with van der Waals surface area (Å²) in [6.07, 6.45) is 4.95. The first-order chi connectivity index (χ1) is 13.6. The standard InChI is InChI=1S/C20H21N5O2S/c1-12-23-24-20(28-12)18-5-2-13-8-21-14(7-19(13)22-18)6-15(26)9-25-10-16-3-4-17(11-25)27-16/h2,5,7-8,16-17H,3-4,6,9-11H2,1H3. The topological polar surface area (TPSA) is 81.1 Å². The van der Waals surface area contributed by atoms with E-state index in [1.807, 2.05) is 25.1 Å². The number of aromatic nitrogens is 4. The number of ether oxygens (including phenoxy) is 1. The molecule has 2 unspecified atom stereocenters. The molecule has 2 atom stereocenters. The van der Waals surface area contributed by atoms with Crippen LogP contribution in [0.1, 0.15) is 23.5 Å². The fraction of sp³-hybridized carbons (Fsp3) is 0.450. The maximum absolute atomic E-state index is 12.6. The van der Waals surface area contributed by atoms with Crippen LogP contribution in [-0.4, -0.2) is 62.7 Å². The van der Waals surface area contributed by atoms with Crippen LogP contribution in [-0.2, 0) is 16.0 Å². The first kappa shape index (κ1) is 17.8. The maximum atomic E-state index is 12.6. The molecule has 2 aliphatic heterocycles. The van der Waals surface area contributed by atoms with E-state index in [0.29, 0.717) is 25.2 Å². The number of nitrogens with zero attached hydrogens (tertiary/aromatic N) is 5. The SMILES string of the molecule is Cc1nnc(-c2ccc3cnc(CC(=O)CN4CC5CCC(C4)O5)cc3n2)s1. The second-order valence-electron chi connectivity index (χ2n) is 7.56. The molecule has 0 aromatic carbocycles. The number of likely N-dealkylation sites (tertiary alicyclic amines) is 1. The lowest BCUT2D eigenvalue weighted by Gasteiger charge is -2.31. The minimum absolute atomic E-state index is 0.184. The van der Waals surface area contributed by atoms with Crippen LogP contribution in [0.15, 0.2) is 24.4 Å². The number of ketones is 1. The minimum Gasteiger partial charge on any atom is -0.372 e. The molecule has 0 amide bonds. The van der Waals surface area contributed by atoms with E-state index in [-0.39, 0.29) is 5.78 Å². The highest BCUT2D eigenvalue weighted by Crippen LogP contribution is 2.26. The van der Waals surface area contributed by atoms with Gasteiger partial charge in [-0.1, -0.05) is 11.3 Å². The van der Waals surface area contributed by atoms with Gasteiger partial charge < -0.3 is 4.74 Å². The van der Waals surface area contributed by atoms with Crippen LogP contribution in [0.4, 0.5) is 0 Å². The highest BCUT2D eigenvalue weighted by Gasteiger charge is 2.34. The van der Waals surface area contributed by atoms with Crippen molar-refractivity contribution in [2.75, 3.05) is 19.6 Å². The molecular weight excluding hydrogens is 374 g/mol. The molecule has 2 aliphatic rings. The Bertz CT molecular complexity index is 1020. The number of fused-ring (bicyclic) bond motifs is 3. The first-order valence-corrected chi connectivity index (χ1v) is 10.4. The Morgan fingerprint density at radius 1 is 1.25 bits per heavy atom. The van der Waals surface area contributed by atoms with E-state index in [2.05, 4.69) is 20.1 Å². The molecule has 3 aromatic rings. The molecule has 5 heterocycles. The van der Waals surface area contributed by atoms with Gasteiger partial charge in [0, 0.05) is 30.4 Å². The van der Waals surface area contributed by atoms with Crippen LogP contribution in [0.25, 0.3) is 21.6 Å². The summed E-state index contributed by atoms with van der Waals surface area (Å²) in [5.74, 6) is 0.184. The van der Waals surface area contributed by atoms with Gasteiger partial charge in [0.05, 0.1) is 30.7 Å². The zero-order valence-corrected chi connectivity index (χ0v) is 16.5. The predicted molar refractivity (Wildman–Crippen MR) is 106 cm³/mol. The van der Waals surface area contributed by atoms with Crippen LogP contribution in [0.2, 0.25) is 0 Å². The average Bonchev–Trinajstić information content (AvgIpc) is 3.26. The summed E-state index contributed by atoms with van der Waals surface area (Å²) in [5.41, 5.74) is 2.38. The van der Waals surface area contributed by atoms with Gasteiger partial charge in [0.15, 0.2) is 10.8 Å². The van der Waals surface area contributed by atoms with Crippen LogP contribution in [0.5, 0.6) is 0 Å². The molecule has 5 rings (SSSR count). The van der Waals surface area contributed by atoms with E-state index in [9.17, 15) is 4.79 Å². The van der Waals surface area contributed by atoms with Gasteiger partial charge in [0.25, 0.3) is 0 Å². The van der Waals surface area contributed by atoms with Crippen molar-refractivity contribution in [3.63, 3.8) is 0 Å². The van der Waals surface area contributed by atoms with Gasteiger partial charge in [0.2, 0.25) is 0 Å². The van der Waals surface area contributed by atoms with Crippen molar-refractivity contribution in [2.24, 2.45) is 0 Å². The normalized spacial score (nSPS) is 22.0. The lowest BCUT2D eigenvalue weighted by molar-refractivity contribution is -0.122. The largest absolute Gasteiger partial charge is 0.372 e. The highest BCUT2D eigenvalue weighted by atomic mass is 32.1. The van der Waals surface area contributed by atoms with Gasteiger partial charge >= 0.3 is 0 Å². The van der Waals surface area contributed by atoms with Gasteiger partial charge in [-0.15, -0.1) is 10.2 Å². The summed E-state index contributed by atoms with van der Waals surface area (Å²) in [4.78, 5) is 24.0. The van der Waals surface area contributed by atoms with Crippen LogP contribution in [0, 0.1) is 6.92 Å². The lowest BCUT2D eigenvalue weighted by Crippen LogP contribution is -2.45. The van der Waals surface area contributed by atoms with Gasteiger partial charge in [-0.3, -0.25) is 14.7 Å². The summed E-state index contributed by atoms with van der Waals surface area (Å²) in [6, 6.07) is 5.83. The molecule has 144 valence electrons. The quantitative estimate of drug-likeness (QED) is 0.656. The lowest BCUT2D eigenvalue weighted by atomic mass is 10.1. The molecule has 0 aliphatic carbocycles. The van der Waals surface area contributed by atoms with E-state index in [1.54, 1.807) is 6.20 Å². The van der Waals surface area contributed by atoms with Crippen LogP contribution < -0.4 is 0 Å². The number of rotatable bonds is 5. The Kier molecular flexibility index (Phi) is 4.62. The Morgan fingerprint density at radius 2 is 2.07 bits per heavy atom. The first-order valence-electron chi connectivity index (χ1n) is 9.58. The number of pyridine rings is 2. The molecule has 0 spiro atoms. The third kappa shape index (κ3) is 3.67. The Hall–Kier alpha value is -2.29. The number of Topliss-reactive ketones (excluding diaryl/α,β-unsaturated/α-hetero) is 1. The second kappa shape index (κ2) is 7.27. The molecule has 0 N–H and O–H groups in total. The summed E-state index contributed by atoms with van der Waals surface area (Å²) in [5, 5.41) is 10.9. The molecule has 2 fully saturated rings. The third-order valence-electron chi connectivity index (χ3n) is 5.27. The summed E-state index contributed by atoms with van der Waals surface area (Å²) in [6.45, 7) is 4.11. The van der Waals surface area contributed by atoms with Gasteiger partial charge in [-0.2, -0.15) is 0 Å². The van der Waals surface area contributed by atoms with E-state index in [0.717, 1.165) is 58.2 Å². The summed E-state index contributed by atoms with van der Waals surface area (Å²) < 4.78 is 5.84. The average molecular weight is 395 g/mol. The van der Waals surface area contributed by atoms with E-state index >= 15 is 0 Å². The van der Waals surface area contributed by atoms with Gasteiger partial charge in [-0.25, -0.2) is 4.98 Å². The molecule has 0 saturated carbocycles. The number of carbonyl (C=O) groups excluding carboxylic acids is 1. The fourth-order valence-electron chi connectivity index (χ4n) is 4.01. The third-order valence-corrected chi connectivity index (χ3v) is 6.13.